The van der Waals surface area contributed by atoms with Gasteiger partial charge in [0.25, 0.3) is 0 Å². The summed E-state index contributed by atoms with van der Waals surface area (Å²) in [5, 5.41) is 23.9. The van der Waals surface area contributed by atoms with Crippen molar-refractivity contribution in [2.75, 3.05) is 13.7 Å². The lowest BCUT2D eigenvalue weighted by atomic mass is 9.91. The van der Waals surface area contributed by atoms with Crippen molar-refractivity contribution in [1.29, 1.82) is 0 Å². The van der Waals surface area contributed by atoms with Crippen LogP contribution in [0, 0.1) is 0 Å². The summed E-state index contributed by atoms with van der Waals surface area (Å²) in [7, 11) is 1.56. The smallest absolute Gasteiger partial charge is 0.306 e. The number of rotatable bonds is 10. The molecule has 5 atom stereocenters. The molecule has 0 radical (unpaired) electrons. The van der Waals surface area contributed by atoms with E-state index in [2.05, 4.69) is 5.32 Å². The summed E-state index contributed by atoms with van der Waals surface area (Å²) in [4.78, 5) is 41.2. The molecule has 1 fully saturated rings. The van der Waals surface area contributed by atoms with Crippen LogP contribution in [0.3, 0.4) is 0 Å². The summed E-state index contributed by atoms with van der Waals surface area (Å²) in [6, 6.07) is 15.8. The van der Waals surface area contributed by atoms with E-state index in [9.17, 15) is 24.6 Å². The van der Waals surface area contributed by atoms with Crippen LogP contribution in [0.1, 0.15) is 56.7 Å². The number of nitrogens with one attached hydrogen (secondary N) is 1. The van der Waals surface area contributed by atoms with Crippen molar-refractivity contribution < 1.29 is 38.8 Å². The number of carbonyl (C=O) groups is 3. The Morgan fingerprint density at radius 2 is 1.69 bits per heavy atom. The maximum atomic E-state index is 13.9. The number of ether oxygens (including phenoxy) is 3. The van der Waals surface area contributed by atoms with Crippen LogP contribution in [0.5, 0.6) is 0 Å². The van der Waals surface area contributed by atoms with Crippen molar-refractivity contribution in [2.24, 2.45) is 0 Å². The number of aliphatic hydroxyl groups excluding tert-OH is 2. The van der Waals surface area contributed by atoms with Crippen LogP contribution < -0.4 is 5.32 Å². The fourth-order valence-electron chi connectivity index (χ4n) is 6.36. The fraction of sp³-hybridized carbons (Fsp3) is 0.514. The second kappa shape index (κ2) is 13.4. The van der Waals surface area contributed by atoms with E-state index in [0.717, 1.165) is 16.7 Å². The summed E-state index contributed by atoms with van der Waals surface area (Å²) in [6.07, 6.45) is 1.18. The Hall–Kier alpha value is -3.57. The van der Waals surface area contributed by atoms with Gasteiger partial charge in [0.1, 0.15) is 23.9 Å². The average Bonchev–Trinajstić information content (AvgIpc) is 3.55. The van der Waals surface area contributed by atoms with Crippen molar-refractivity contribution in [1.82, 2.24) is 10.2 Å². The fourth-order valence-corrected chi connectivity index (χ4v) is 6.36. The van der Waals surface area contributed by atoms with Gasteiger partial charge in [0, 0.05) is 44.7 Å². The van der Waals surface area contributed by atoms with Crippen molar-refractivity contribution in [3.8, 4) is 0 Å². The van der Waals surface area contributed by atoms with Gasteiger partial charge in [-0.25, -0.2) is 0 Å². The molecule has 242 valence electrons. The van der Waals surface area contributed by atoms with E-state index in [1.807, 2.05) is 54.6 Å². The van der Waals surface area contributed by atoms with Crippen LogP contribution >= 0.6 is 0 Å². The molecule has 2 aliphatic carbocycles. The number of likely N-dealkylation sites (N-methyl/N-ethyl adjacent to an activating group) is 1. The first-order valence-corrected chi connectivity index (χ1v) is 15.6. The third-order valence-corrected chi connectivity index (χ3v) is 8.56. The number of amides is 2. The molecule has 1 heterocycles. The van der Waals surface area contributed by atoms with E-state index in [4.69, 9.17) is 14.2 Å². The second-order valence-corrected chi connectivity index (χ2v) is 13.3. The van der Waals surface area contributed by atoms with Crippen molar-refractivity contribution >= 4 is 17.8 Å². The summed E-state index contributed by atoms with van der Waals surface area (Å²) in [5.41, 5.74) is 2.84. The van der Waals surface area contributed by atoms with Gasteiger partial charge < -0.3 is 34.6 Å². The highest BCUT2D eigenvalue weighted by atomic mass is 16.8. The summed E-state index contributed by atoms with van der Waals surface area (Å²) < 4.78 is 18.1. The number of hydrogen-bond acceptors (Lipinski definition) is 8. The predicted octanol–water partition coefficient (Wildman–Crippen LogP) is 2.63. The van der Waals surface area contributed by atoms with Gasteiger partial charge in [-0.05, 0) is 50.0 Å². The number of benzene rings is 2. The molecule has 5 rings (SSSR count). The maximum absolute atomic E-state index is 13.9. The molecule has 3 N–H and O–H groups in total. The minimum Gasteiger partial charge on any atom is -0.460 e. The van der Waals surface area contributed by atoms with Gasteiger partial charge in [-0.2, -0.15) is 0 Å². The topological polar surface area (TPSA) is 135 Å². The number of esters is 1. The van der Waals surface area contributed by atoms with Gasteiger partial charge in [0.15, 0.2) is 5.79 Å². The number of carbonyl (C=O) groups excluding carboxylic acids is 3. The molecule has 1 aliphatic heterocycles. The first kappa shape index (κ1) is 32.8. The molecule has 10 nitrogen and oxygen atoms in total. The zero-order chi connectivity index (χ0) is 32.4. The highest BCUT2D eigenvalue weighted by Gasteiger charge is 2.54. The zero-order valence-corrected chi connectivity index (χ0v) is 26.4. The SMILES string of the molecule is CN(C(=O)C1=CC2OC3(Cc4ccccc4C3)OC2C(O)C1)C(Cc1ccccc1)C(=O)NC(CO)CCC(=O)OC(C)(C)C. The van der Waals surface area contributed by atoms with Crippen LogP contribution in [0.2, 0.25) is 0 Å². The normalized spacial score (nSPS) is 23.0. The zero-order valence-electron chi connectivity index (χ0n) is 26.4. The third-order valence-electron chi connectivity index (χ3n) is 8.56. The molecule has 0 bridgehead atoms. The number of fused-ring (bicyclic) bond motifs is 2. The van der Waals surface area contributed by atoms with E-state index in [0.29, 0.717) is 18.4 Å². The Bertz CT molecular complexity index is 1390. The molecule has 0 aromatic heterocycles. The molecule has 45 heavy (non-hydrogen) atoms. The first-order valence-electron chi connectivity index (χ1n) is 15.6. The number of nitrogens with zero attached hydrogens (tertiary/aromatic N) is 1. The Morgan fingerprint density at radius 3 is 2.31 bits per heavy atom. The average molecular weight is 621 g/mol. The molecular weight excluding hydrogens is 576 g/mol. The van der Waals surface area contributed by atoms with Gasteiger partial charge in [-0.1, -0.05) is 54.6 Å². The van der Waals surface area contributed by atoms with Crippen LogP contribution in [0.15, 0.2) is 66.2 Å². The summed E-state index contributed by atoms with van der Waals surface area (Å²) in [5.74, 6) is -2.17. The minimum absolute atomic E-state index is 0.0167. The maximum Gasteiger partial charge on any atom is 0.306 e. The Balaban J connectivity index is 1.29. The summed E-state index contributed by atoms with van der Waals surface area (Å²) in [6.45, 7) is 4.94. The Kier molecular flexibility index (Phi) is 9.79. The van der Waals surface area contributed by atoms with Crippen LogP contribution in [-0.2, 0) is 47.9 Å². The van der Waals surface area contributed by atoms with E-state index < -0.39 is 59.6 Å². The van der Waals surface area contributed by atoms with E-state index in [-0.39, 0.29) is 32.3 Å². The number of hydrogen-bond donors (Lipinski definition) is 3. The first-order chi connectivity index (χ1) is 21.4. The largest absolute Gasteiger partial charge is 0.460 e. The third kappa shape index (κ3) is 7.81. The van der Waals surface area contributed by atoms with Crippen molar-refractivity contribution in [2.45, 2.75) is 101 Å². The van der Waals surface area contributed by atoms with E-state index in [1.54, 1.807) is 33.9 Å². The molecular formula is C35H44N2O8. The quantitative estimate of drug-likeness (QED) is 0.345. The molecule has 2 amide bonds. The minimum atomic E-state index is -0.955. The molecule has 1 saturated heterocycles. The molecule has 3 aliphatic rings. The van der Waals surface area contributed by atoms with Gasteiger partial charge in [0.2, 0.25) is 11.8 Å². The lowest BCUT2D eigenvalue weighted by Crippen LogP contribution is -2.53. The second-order valence-electron chi connectivity index (χ2n) is 13.3. The predicted molar refractivity (Wildman–Crippen MR) is 166 cm³/mol. The lowest BCUT2D eigenvalue weighted by molar-refractivity contribution is -0.171. The van der Waals surface area contributed by atoms with Gasteiger partial charge >= 0.3 is 5.97 Å². The number of aliphatic hydroxyl groups is 2. The molecule has 0 saturated carbocycles. The van der Waals surface area contributed by atoms with E-state index in [1.165, 1.54) is 4.90 Å². The molecule has 2 aromatic rings. The van der Waals surface area contributed by atoms with Gasteiger partial charge in [-0.15, -0.1) is 0 Å². The van der Waals surface area contributed by atoms with Crippen molar-refractivity contribution in [3.05, 3.63) is 82.9 Å². The Morgan fingerprint density at radius 1 is 1.04 bits per heavy atom. The molecule has 2 aromatic carbocycles. The molecule has 10 heteroatoms. The van der Waals surface area contributed by atoms with E-state index >= 15 is 0 Å². The summed E-state index contributed by atoms with van der Waals surface area (Å²) >= 11 is 0. The lowest BCUT2D eigenvalue weighted by Gasteiger charge is -2.32. The van der Waals surface area contributed by atoms with Gasteiger partial charge in [0.05, 0.1) is 18.8 Å². The van der Waals surface area contributed by atoms with Crippen LogP contribution in [0.4, 0.5) is 0 Å². The molecule has 1 spiro atoms. The highest BCUT2D eigenvalue weighted by Crippen LogP contribution is 2.44. The van der Waals surface area contributed by atoms with Crippen LogP contribution in [-0.4, -0.2) is 88.3 Å². The van der Waals surface area contributed by atoms with Gasteiger partial charge in [-0.3, -0.25) is 14.4 Å². The standard InChI is InChI=1S/C35H44N2O8/c1-34(2,3)44-30(40)15-14-26(21-38)36-32(41)27(16-22-10-6-5-7-11-22)37(4)33(42)25-17-28(39)31-29(18-25)43-35(45-31)19-23-12-8-9-13-24(23)20-35/h5-13,18,26-29,31,38-39H,14-17,19-21H2,1-4H3,(H,36,41). The Labute approximate surface area is 264 Å². The molecule has 5 unspecified atom stereocenters. The van der Waals surface area contributed by atoms with Crippen LogP contribution in [0.25, 0.3) is 0 Å². The van der Waals surface area contributed by atoms with Crippen molar-refractivity contribution in [3.63, 3.8) is 0 Å². The monoisotopic (exact) mass is 620 g/mol. The highest BCUT2D eigenvalue weighted by molar-refractivity contribution is 5.97.